The molecule has 7 heteroatoms. The molecule has 1 aromatic rings. The molecular formula is C17H23N3O4. The van der Waals surface area contributed by atoms with Gasteiger partial charge in [-0.25, -0.2) is 4.79 Å². The Kier molecular flexibility index (Phi) is 6.17. The number of hydrogen-bond donors (Lipinski definition) is 2. The summed E-state index contributed by atoms with van der Waals surface area (Å²) < 4.78 is 0. The van der Waals surface area contributed by atoms with Crippen molar-refractivity contribution in [3.05, 3.63) is 35.4 Å². The Morgan fingerprint density at radius 3 is 2.62 bits per heavy atom. The highest BCUT2D eigenvalue weighted by Crippen LogP contribution is 2.18. The third-order valence-corrected chi connectivity index (χ3v) is 4.12. The fourth-order valence-electron chi connectivity index (χ4n) is 2.64. The number of rotatable bonds is 6. The van der Waals surface area contributed by atoms with E-state index in [4.69, 9.17) is 5.11 Å². The van der Waals surface area contributed by atoms with Gasteiger partial charge in [-0.2, -0.15) is 0 Å². The molecule has 130 valence electrons. The number of carboxylic acids is 1. The molecule has 0 bridgehead atoms. The highest BCUT2D eigenvalue weighted by molar-refractivity contribution is 5.78. The first-order chi connectivity index (χ1) is 11.5. The maximum Gasteiger partial charge on any atom is 0.317 e. The largest absolute Gasteiger partial charge is 0.481 e. The molecule has 0 fully saturated rings. The lowest BCUT2D eigenvalue weighted by Gasteiger charge is -2.29. The summed E-state index contributed by atoms with van der Waals surface area (Å²) in [6.45, 7) is 1.65. The first-order valence-electron chi connectivity index (χ1n) is 8.02. The Morgan fingerprint density at radius 1 is 1.21 bits per heavy atom. The number of carbonyl (C=O) groups is 3. The summed E-state index contributed by atoms with van der Waals surface area (Å²) in [5, 5.41) is 11.4. The molecule has 2 rings (SSSR count). The van der Waals surface area contributed by atoms with Crippen molar-refractivity contribution in [3.8, 4) is 0 Å². The van der Waals surface area contributed by atoms with E-state index < -0.39 is 5.97 Å². The van der Waals surface area contributed by atoms with Crippen LogP contribution in [0.25, 0.3) is 0 Å². The molecule has 1 aliphatic rings. The van der Waals surface area contributed by atoms with Crippen LogP contribution in [-0.2, 0) is 22.6 Å². The zero-order valence-corrected chi connectivity index (χ0v) is 13.8. The summed E-state index contributed by atoms with van der Waals surface area (Å²) >= 11 is 0. The number of nitrogens with zero attached hydrogens (tertiary/aromatic N) is 2. The summed E-state index contributed by atoms with van der Waals surface area (Å²) in [4.78, 5) is 37.6. The average Bonchev–Trinajstić information content (AvgIpc) is 2.58. The molecule has 0 aromatic heterocycles. The van der Waals surface area contributed by atoms with Gasteiger partial charge >= 0.3 is 12.0 Å². The van der Waals surface area contributed by atoms with Crippen molar-refractivity contribution in [2.24, 2.45) is 0 Å². The molecule has 0 unspecified atom stereocenters. The van der Waals surface area contributed by atoms with Crippen LogP contribution >= 0.6 is 0 Å². The first kappa shape index (κ1) is 17.8. The van der Waals surface area contributed by atoms with Crippen molar-refractivity contribution in [2.45, 2.75) is 25.8 Å². The van der Waals surface area contributed by atoms with E-state index in [1.807, 2.05) is 18.2 Å². The van der Waals surface area contributed by atoms with E-state index in [-0.39, 0.29) is 37.9 Å². The second-order valence-electron chi connectivity index (χ2n) is 5.88. The minimum absolute atomic E-state index is 0.0816. The molecule has 1 aromatic carbocycles. The fraction of sp³-hybridized carbons (Fsp3) is 0.471. The molecule has 7 nitrogen and oxygen atoms in total. The van der Waals surface area contributed by atoms with Gasteiger partial charge in [0.05, 0.1) is 6.42 Å². The van der Waals surface area contributed by atoms with E-state index in [1.54, 1.807) is 11.9 Å². The minimum atomic E-state index is -0.937. The molecule has 2 N–H and O–H groups in total. The zero-order chi connectivity index (χ0) is 17.5. The number of amides is 3. The van der Waals surface area contributed by atoms with E-state index in [1.165, 1.54) is 10.5 Å². The third-order valence-electron chi connectivity index (χ3n) is 4.12. The lowest BCUT2D eigenvalue weighted by Crippen LogP contribution is -2.43. The van der Waals surface area contributed by atoms with Gasteiger partial charge in [-0.05, 0) is 17.5 Å². The lowest BCUT2D eigenvalue weighted by molar-refractivity contribution is -0.138. The van der Waals surface area contributed by atoms with Gasteiger partial charge in [-0.15, -0.1) is 0 Å². The molecule has 1 aliphatic heterocycles. The molecule has 0 saturated carbocycles. The van der Waals surface area contributed by atoms with E-state index in [0.29, 0.717) is 13.1 Å². The molecule has 24 heavy (non-hydrogen) atoms. The second kappa shape index (κ2) is 8.33. The number of fused-ring (bicyclic) bond motifs is 1. The van der Waals surface area contributed by atoms with Crippen molar-refractivity contribution >= 4 is 17.9 Å². The Bertz CT molecular complexity index is 618. The maximum absolute atomic E-state index is 12.2. The first-order valence-corrected chi connectivity index (χ1v) is 8.02. The molecule has 3 amide bonds. The topological polar surface area (TPSA) is 90.0 Å². The highest BCUT2D eigenvalue weighted by atomic mass is 16.4. The van der Waals surface area contributed by atoms with Crippen molar-refractivity contribution in [2.75, 3.05) is 26.7 Å². The lowest BCUT2D eigenvalue weighted by atomic mass is 10.0. The van der Waals surface area contributed by atoms with Crippen molar-refractivity contribution in [3.63, 3.8) is 0 Å². The molecule has 0 aliphatic carbocycles. The number of carboxylic acid groups (broad SMARTS) is 1. The number of benzene rings is 1. The van der Waals surface area contributed by atoms with Crippen LogP contribution in [-0.4, -0.2) is 59.5 Å². The van der Waals surface area contributed by atoms with Crippen LogP contribution in [0.3, 0.4) is 0 Å². The summed E-state index contributed by atoms with van der Waals surface area (Å²) in [5.41, 5.74) is 2.43. The number of carbonyl (C=O) groups excluding carboxylic acids is 2. The van der Waals surface area contributed by atoms with Gasteiger partial charge in [-0.3, -0.25) is 9.59 Å². The predicted octanol–water partition coefficient (Wildman–Crippen LogP) is 1.08. The maximum atomic E-state index is 12.2. The van der Waals surface area contributed by atoms with Crippen LogP contribution in [0.4, 0.5) is 4.79 Å². The van der Waals surface area contributed by atoms with Gasteiger partial charge in [0.1, 0.15) is 0 Å². The van der Waals surface area contributed by atoms with E-state index in [9.17, 15) is 14.4 Å². The molecular weight excluding hydrogens is 310 g/mol. The Balaban J connectivity index is 1.72. The van der Waals surface area contributed by atoms with Crippen LogP contribution < -0.4 is 5.32 Å². The summed E-state index contributed by atoms with van der Waals surface area (Å²) in [7, 11) is 1.56. The van der Waals surface area contributed by atoms with Crippen molar-refractivity contribution in [1.82, 2.24) is 15.1 Å². The summed E-state index contributed by atoms with van der Waals surface area (Å²) in [6, 6.07) is 7.89. The number of urea groups is 1. The van der Waals surface area contributed by atoms with Crippen LogP contribution in [0.2, 0.25) is 0 Å². The quantitative estimate of drug-likeness (QED) is 0.815. The van der Waals surface area contributed by atoms with Gasteiger partial charge < -0.3 is 20.2 Å². The Hall–Kier alpha value is -2.57. The smallest absolute Gasteiger partial charge is 0.317 e. The normalized spacial score (nSPS) is 13.1. The number of hydrogen-bond acceptors (Lipinski definition) is 3. The Labute approximate surface area is 141 Å². The average molecular weight is 333 g/mol. The SMILES string of the molecule is CN(CCC(=O)O)C(=O)CCNC(=O)N1CCc2ccccc2C1. The molecule has 1 heterocycles. The van der Waals surface area contributed by atoms with Crippen molar-refractivity contribution < 1.29 is 19.5 Å². The summed E-state index contributed by atoms with van der Waals surface area (Å²) in [5.74, 6) is -1.12. The highest BCUT2D eigenvalue weighted by Gasteiger charge is 2.20. The van der Waals surface area contributed by atoms with Gasteiger partial charge in [0.15, 0.2) is 0 Å². The van der Waals surface area contributed by atoms with Crippen molar-refractivity contribution in [1.29, 1.82) is 0 Å². The Morgan fingerprint density at radius 2 is 1.92 bits per heavy atom. The van der Waals surface area contributed by atoms with Crippen LogP contribution in [0.1, 0.15) is 24.0 Å². The number of aliphatic carboxylic acids is 1. The van der Waals surface area contributed by atoms with Gasteiger partial charge in [0.2, 0.25) is 5.91 Å². The van der Waals surface area contributed by atoms with Crippen LogP contribution in [0.15, 0.2) is 24.3 Å². The van der Waals surface area contributed by atoms with Crippen LogP contribution in [0.5, 0.6) is 0 Å². The van der Waals surface area contributed by atoms with Gasteiger partial charge in [-0.1, -0.05) is 24.3 Å². The van der Waals surface area contributed by atoms with Gasteiger partial charge in [0, 0.05) is 39.6 Å². The molecule has 0 radical (unpaired) electrons. The van der Waals surface area contributed by atoms with Crippen LogP contribution in [0, 0.1) is 0 Å². The monoisotopic (exact) mass is 333 g/mol. The van der Waals surface area contributed by atoms with Gasteiger partial charge in [0.25, 0.3) is 0 Å². The molecule has 0 spiro atoms. The van der Waals surface area contributed by atoms with E-state index in [0.717, 1.165) is 12.0 Å². The standard InChI is InChI=1S/C17H23N3O4/c1-19(10-8-16(22)23)15(21)6-9-18-17(24)20-11-7-13-4-2-3-5-14(13)12-20/h2-5H,6-12H2,1H3,(H,18,24)(H,22,23). The molecule has 0 atom stereocenters. The molecule has 0 saturated heterocycles. The predicted molar refractivity (Wildman–Crippen MR) is 88.5 cm³/mol. The van der Waals surface area contributed by atoms with E-state index >= 15 is 0 Å². The fourth-order valence-corrected chi connectivity index (χ4v) is 2.64. The third kappa shape index (κ3) is 4.97. The minimum Gasteiger partial charge on any atom is -0.481 e. The summed E-state index contributed by atoms with van der Waals surface area (Å²) in [6.07, 6.45) is 0.911. The van der Waals surface area contributed by atoms with E-state index in [2.05, 4.69) is 11.4 Å². The second-order valence-corrected chi connectivity index (χ2v) is 5.88. The number of nitrogens with one attached hydrogen (secondary N) is 1. The zero-order valence-electron chi connectivity index (χ0n) is 13.8.